The van der Waals surface area contributed by atoms with Gasteiger partial charge in [-0.2, -0.15) is 0 Å². The Kier molecular flexibility index (Phi) is 5.30. The van der Waals surface area contributed by atoms with Crippen LogP contribution in [0.2, 0.25) is 0 Å². The molecule has 9 heteroatoms. The number of carbonyl (C=O) groups excluding carboxylic acids is 1. The molecule has 7 rings (SSSR count). The van der Waals surface area contributed by atoms with E-state index in [9.17, 15) is 9.90 Å². The highest BCUT2D eigenvalue weighted by Gasteiger charge is 2.79. The zero-order valence-electron chi connectivity index (χ0n) is 21.7. The van der Waals surface area contributed by atoms with Crippen molar-refractivity contribution in [1.29, 1.82) is 0 Å². The number of carbonyl (C=O) groups is 1. The standard InChI is InChI=1S/C27H40O9/c1-16(28)36-20-10-17-12-25(31-8-9-32-25)7-6-23(17,2)19-11-21(29)24(3)18(22(19)20)4-5-26(24)27(35-15-33-26)13-30-14-34-27/h17-22,29H,4-15H2,1-3H3/t17-,18?,19?,20-,21+,22?,23+,24-,26-,27?/m1/s1. The van der Waals surface area contributed by atoms with Gasteiger partial charge in [-0.3, -0.25) is 4.79 Å². The third-order valence-corrected chi connectivity index (χ3v) is 11.9. The van der Waals surface area contributed by atoms with Gasteiger partial charge in [0.2, 0.25) is 5.79 Å². The Morgan fingerprint density at radius 2 is 1.72 bits per heavy atom. The first-order valence-corrected chi connectivity index (χ1v) is 13.8. The van der Waals surface area contributed by atoms with Gasteiger partial charge < -0.3 is 38.3 Å². The number of fused-ring (bicyclic) bond motifs is 7. The fourth-order valence-electron chi connectivity index (χ4n) is 10.2. The van der Waals surface area contributed by atoms with Gasteiger partial charge in [0.25, 0.3) is 0 Å². The lowest BCUT2D eigenvalue weighted by Crippen LogP contribution is -2.70. The summed E-state index contributed by atoms with van der Waals surface area (Å²) in [5.41, 5.74) is -1.41. The van der Waals surface area contributed by atoms with Crippen LogP contribution in [-0.4, -0.2) is 73.9 Å². The van der Waals surface area contributed by atoms with Gasteiger partial charge in [0.05, 0.1) is 19.3 Å². The fraction of sp³-hybridized carbons (Fsp3) is 0.963. The summed E-state index contributed by atoms with van der Waals surface area (Å²) in [5, 5.41) is 12.0. The van der Waals surface area contributed by atoms with Crippen LogP contribution in [0, 0.1) is 34.5 Å². The van der Waals surface area contributed by atoms with Gasteiger partial charge in [0.15, 0.2) is 19.4 Å². The molecule has 1 N–H and O–H groups in total. The summed E-state index contributed by atoms with van der Waals surface area (Å²) in [4.78, 5) is 12.4. The second kappa shape index (κ2) is 7.87. The lowest BCUT2D eigenvalue weighted by atomic mass is 9.42. The minimum Gasteiger partial charge on any atom is -0.462 e. The van der Waals surface area contributed by atoms with E-state index in [1.165, 1.54) is 6.92 Å². The molecule has 36 heavy (non-hydrogen) atoms. The van der Waals surface area contributed by atoms with Gasteiger partial charge in [0, 0.05) is 31.1 Å². The van der Waals surface area contributed by atoms with E-state index in [-0.39, 0.29) is 48.8 Å². The maximum Gasteiger partial charge on any atom is 0.302 e. The molecule has 0 aromatic carbocycles. The first-order chi connectivity index (χ1) is 17.2. The Balaban J connectivity index is 1.28. The topological polar surface area (TPSA) is 102 Å². The largest absolute Gasteiger partial charge is 0.462 e. The zero-order chi connectivity index (χ0) is 25.0. The van der Waals surface area contributed by atoms with Gasteiger partial charge in [-0.25, -0.2) is 0 Å². The van der Waals surface area contributed by atoms with E-state index in [1.807, 2.05) is 0 Å². The first kappa shape index (κ1) is 24.2. The molecule has 0 amide bonds. The minimum atomic E-state index is -1.00. The van der Waals surface area contributed by atoms with Crippen molar-refractivity contribution in [2.24, 2.45) is 34.5 Å². The molecule has 0 aromatic heterocycles. The molecule has 9 nitrogen and oxygen atoms in total. The highest BCUT2D eigenvalue weighted by atomic mass is 16.9. The quantitative estimate of drug-likeness (QED) is 0.536. The molecule has 0 radical (unpaired) electrons. The van der Waals surface area contributed by atoms with Gasteiger partial charge in [0.1, 0.15) is 18.3 Å². The molecule has 3 spiro atoms. The third-order valence-electron chi connectivity index (χ3n) is 11.9. The van der Waals surface area contributed by atoms with Crippen molar-refractivity contribution in [2.75, 3.05) is 33.4 Å². The van der Waals surface area contributed by atoms with Crippen LogP contribution >= 0.6 is 0 Å². The highest BCUT2D eigenvalue weighted by Crippen LogP contribution is 2.72. The van der Waals surface area contributed by atoms with Crippen LogP contribution in [0.4, 0.5) is 0 Å². The predicted octanol–water partition coefficient (Wildman–Crippen LogP) is 2.73. The van der Waals surface area contributed by atoms with Crippen LogP contribution in [0.3, 0.4) is 0 Å². The van der Waals surface area contributed by atoms with Crippen molar-refractivity contribution < 1.29 is 43.1 Å². The number of rotatable bonds is 1. The molecule has 4 unspecified atom stereocenters. The summed E-state index contributed by atoms with van der Waals surface area (Å²) < 4.78 is 42.6. The molecule has 3 heterocycles. The zero-order valence-corrected chi connectivity index (χ0v) is 21.7. The van der Waals surface area contributed by atoms with E-state index in [0.29, 0.717) is 32.2 Å². The molecule has 7 aliphatic rings. The van der Waals surface area contributed by atoms with Crippen molar-refractivity contribution in [3.8, 4) is 0 Å². The molecule has 0 aromatic rings. The molecule has 10 atom stereocenters. The van der Waals surface area contributed by atoms with Crippen LogP contribution in [-0.2, 0) is 38.0 Å². The Morgan fingerprint density at radius 1 is 0.944 bits per heavy atom. The lowest BCUT2D eigenvalue weighted by molar-refractivity contribution is -0.289. The molecular formula is C27H40O9. The normalized spacial score (nSPS) is 55.1. The van der Waals surface area contributed by atoms with Crippen LogP contribution in [0.1, 0.15) is 65.7 Å². The van der Waals surface area contributed by atoms with Crippen LogP contribution in [0.25, 0.3) is 0 Å². The van der Waals surface area contributed by atoms with Crippen LogP contribution in [0.15, 0.2) is 0 Å². The summed E-state index contributed by atoms with van der Waals surface area (Å²) >= 11 is 0. The summed E-state index contributed by atoms with van der Waals surface area (Å²) in [7, 11) is 0. The van der Waals surface area contributed by atoms with E-state index in [1.54, 1.807) is 0 Å². The smallest absolute Gasteiger partial charge is 0.302 e. The van der Waals surface area contributed by atoms with Crippen molar-refractivity contribution in [2.45, 2.75) is 95.1 Å². The molecular weight excluding hydrogens is 468 g/mol. The summed E-state index contributed by atoms with van der Waals surface area (Å²) in [5.74, 6) is -0.995. The number of hydrogen-bond donors (Lipinski definition) is 1. The lowest BCUT2D eigenvalue weighted by Gasteiger charge is -2.65. The Labute approximate surface area is 212 Å². The minimum absolute atomic E-state index is 0.0115. The van der Waals surface area contributed by atoms with E-state index >= 15 is 0 Å². The maximum absolute atomic E-state index is 12.4. The molecule has 3 saturated heterocycles. The van der Waals surface area contributed by atoms with Gasteiger partial charge in [-0.15, -0.1) is 0 Å². The second-order valence-corrected chi connectivity index (χ2v) is 12.9. The van der Waals surface area contributed by atoms with Gasteiger partial charge >= 0.3 is 5.97 Å². The predicted molar refractivity (Wildman–Crippen MR) is 123 cm³/mol. The molecule has 3 aliphatic heterocycles. The van der Waals surface area contributed by atoms with Crippen molar-refractivity contribution in [3.63, 3.8) is 0 Å². The maximum atomic E-state index is 12.4. The molecule has 4 aliphatic carbocycles. The fourth-order valence-corrected chi connectivity index (χ4v) is 10.2. The molecule has 0 bridgehead atoms. The second-order valence-electron chi connectivity index (χ2n) is 12.9. The van der Waals surface area contributed by atoms with E-state index in [0.717, 1.165) is 38.5 Å². The number of esters is 1. The Hall–Kier alpha value is -0.810. The van der Waals surface area contributed by atoms with Crippen LogP contribution < -0.4 is 0 Å². The Morgan fingerprint density at radius 3 is 2.44 bits per heavy atom. The molecule has 7 fully saturated rings. The number of aliphatic hydroxyl groups excluding tert-OH is 1. The monoisotopic (exact) mass is 508 g/mol. The summed E-state index contributed by atoms with van der Waals surface area (Å²) in [6.07, 6.45) is 4.86. The molecule has 4 saturated carbocycles. The SMILES string of the molecule is CC(=O)O[C@@H]1C[C@@H]2CC3(CC[C@]2(C)C2C[C@H](O)[C@@]4(C)C(CC[C@@]45OCOC54COCO4)C21)OCCO3. The Bertz CT molecular complexity index is 907. The van der Waals surface area contributed by atoms with E-state index < -0.39 is 28.7 Å². The average Bonchev–Trinajstić information content (AvgIpc) is 3.62. The number of ether oxygens (including phenoxy) is 7. The number of hydrogen-bond acceptors (Lipinski definition) is 9. The van der Waals surface area contributed by atoms with E-state index in [2.05, 4.69) is 13.8 Å². The number of aliphatic hydroxyl groups is 1. The van der Waals surface area contributed by atoms with E-state index in [4.69, 9.17) is 33.2 Å². The molecule has 202 valence electrons. The summed E-state index contributed by atoms with van der Waals surface area (Å²) in [6, 6.07) is 0. The highest BCUT2D eigenvalue weighted by molar-refractivity contribution is 5.66. The van der Waals surface area contributed by atoms with Gasteiger partial charge in [-0.05, 0) is 55.3 Å². The average molecular weight is 509 g/mol. The van der Waals surface area contributed by atoms with Crippen molar-refractivity contribution in [1.82, 2.24) is 0 Å². The van der Waals surface area contributed by atoms with Gasteiger partial charge in [-0.1, -0.05) is 13.8 Å². The first-order valence-electron chi connectivity index (χ1n) is 13.8. The van der Waals surface area contributed by atoms with Crippen molar-refractivity contribution >= 4 is 5.97 Å². The van der Waals surface area contributed by atoms with Crippen LogP contribution in [0.5, 0.6) is 0 Å². The van der Waals surface area contributed by atoms with Crippen molar-refractivity contribution in [3.05, 3.63) is 0 Å². The summed E-state index contributed by atoms with van der Waals surface area (Å²) in [6.45, 7) is 7.92. The third kappa shape index (κ3) is 2.88.